The minimum absolute atomic E-state index is 0.0247. The number of aryl methyl sites for hydroxylation is 2. The van der Waals surface area contributed by atoms with Crippen molar-refractivity contribution in [3.05, 3.63) is 46.0 Å². The number of nitro groups is 1. The molecule has 23 heavy (non-hydrogen) atoms. The third-order valence-corrected chi connectivity index (χ3v) is 3.79. The summed E-state index contributed by atoms with van der Waals surface area (Å²) in [7, 11) is 0. The number of urea groups is 1. The largest absolute Gasteiger partial charge is 0.333 e. The molecule has 0 spiro atoms. The molecule has 0 saturated carbocycles. The topological polar surface area (TPSA) is 115 Å². The summed E-state index contributed by atoms with van der Waals surface area (Å²) in [5, 5.41) is 20.5. The second kappa shape index (κ2) is 6.03. The number of rotatable bonds is 3. The normalized spacial score (nSPS) is 16.5. The first-order chi connectivity index (χ1) is 11.0. The summed E-state index contributed by atoms with van der Waals surface area (Å²) in [4.78, 5) is 26.5. The molecule has 1 atom stereocenters. The first-order valence-corrected chi connectivity index (χ1v) is 7.22. The number of carbonyl (C=O) groups is 1. The molecule has 1 unspecified atom stereocenters. The highest BCUT2D eigenvalue weighted by atomic mass is 16.6. The van der Waals surface area contributed by atoms with Gasteiger partial charge >= 0.3 is 6.03 Å². The number of fused-ring (bicyclic) bond motifs is 1. The van der Waals surface area contributed by atoms with Crippen LogP contribution in [0.25, 0.3) is 0 Å². The van der Waals surface area contributed by atoms with Gasteiger partial charge in [0.25, 0.3) is 5.69 Å². The zero-order valence-corrected chi connectivity index (χ0v) is 12.5. The summed E-state index contributed by atoms with van der Waals surface area (Å²) < 4.78 is 1.78. The molecule has 3 rings (SSSR count). The summed E-state index contributed by atoms with van der Waals surface area (Å²) in [6.45, 7) is 2.22. The molecule has 9 nitrogen and oxygen atoms in total. The van der Waals surface area contributed by atoms with Crippen LogP contribution in [0.4, 0.5) is 16.2 Å². The lowest BCUT2D eigenvalue weighted by Crippen LogP contribution is -2.43. The third-order valence-electron chi connectivity index (χ3n) is 3.79. The molecule has 0 saturated heterocycles. The van der Waals surface area contributed by atoms with E-state index in [1.807, 2.05) is 0 Å². The Labute approximate surface area is 131 Å². The van der Waals surface area contributed by atoms with E-state index in [0.717, 1.165) is 18.7 Å². The maximum atomic E-state index is 12.1. The van der Waals surface area contributed by atoms with Crippen LogP contribution in [0.2, 0.25) is 0 Å². The van der Waals surface area contributed by atoms with Gasteiger partial charge in [-0.15, -0.1) is 0 Å². The van der Waals surface area contributed by atoms with Crippen molar-refractivity contribution in [3.63, 3.8) is 0 Å². The van der Waals surface area contributed by atoms with Gasteiger partial charge in [-0.2, -0.15) is 5.10 Å². The Bertz CT molecular complexity index is 757. The Morgan fingerprint density at radius 1 is 1.48 bits per heavy atom. The van der Waals surface area contributed by atoms with E-state index in [0.29, 0.717) is 17.8 Å². The minimum atomic E-state index is -0.448. The minimum Gasteiger partial charge on any atom is -0.333 e. The van der Waals surface area contributed by atoms with Gasteiger partial charge in [-0.1, -0.05) is 0 Å². The molecule has 2 N–H and O–H groups in total. The van der Waals surface area contributed by atoms with Crippen LogP contribution in [0.1, 0.15) is 17.8 Å². The highest BCUT2D eigenvalue weighted by Crippen LogP contribution is 2.21. The fourth-order valence-corrected chi connectivity index (χ4v) is 2.65. The smallest absolute Gasteiger partial charge is 0.319 e. The highest BCUT2D eigenvalue weighted by molar-refractivity contribution is 5.89. The molecule has 0 fully saturated rings. The van der Waals surface area contributed by atoms with Gasteiger partial charge in [0.1, 0.15) is 12.2 Å². The molecule has 0 radical (unpaired) electrons. The highest BCUT2D eigenvalue weighted by Gasteiger charge is 2.21. The molecular formula is C14H16N6O3. The van der Waals surface area contributed by atoms with E-state index < -0.39 is 4.92 Å². The van der Waals surface area contributed by atoms with Crippen LogP contribution < -0.4 is 10.6 Å². The predicted octanol–water partition coefficient (Wildman–Crippen LogP) is 1.63. The van der Waals surface area contributed by atoms with Crippen molar-refractivity contribution in [1.29, 1.82) is 0 Å². The molecule has 2 amide bonds. The van der Waals surface area contributed by atoms with E-state index in [9.17, 15) is 14.9 Å². The van der Waals surface area contributed by atoms with Crippen LogP contribution in [-0.4, -0.2) is 31.8 Å². The summed E-state index contributed by atoms with van der Waals surface area (Å²) >= 11 is 0. The van der Waals surface area contributed by atoms with Gasteiger partial charge < -0.3 is 10.6 Å². The fourth-order valence-electron chi connectivity index (χ4n) is 2.65. The number of benzene rings is 1. The molecule has 1 aromatic heterocycles. The first-order valence-electron chi connectivity index (χ1n) is 7.22. The van der Waals surface area contributed by atoms with Crippen molar-refractivity contribution in [3.8, 4) is 0 Å². The van der Waals surface area contributed by atoms with Gasteiger partial charge in [-0.25, -0.2) is 14.5 Å². The Morgan fingerprint density at radius 3 is 3.04 bits per heavy atom. The van der Waals surface area contributed by atoms with Crippen LogP contribution in [-0.2, 0) is 13.0 Å². The summed E-state index contributed by atoms with van der Waals surface area (Å²) in [6.07, 6.45) is 3.07. The molecule has 120 valence electrons. The van der Waals surface area contributed by atoms with Crippen LogP contribution >= 0.6 is 0 Å². The average molecular weight is 316 g/mol. The zero-order valence-electron chi connectivity index (χ0n) is 12.5. The van der Waals surface area contributed by atoms with Gasteiger partial charge in [0.05, 0.1) is 17.5 Å². The predicted molar refractivity (Wildman–Crippen MR) is 82.1 cm³/mol. The zero-order chi connectivity index (χ0) is 16.4. The van der Waals surface area contributed by atoms with Crippen LogP contribution in [0.3, 0.4) is 0 Å². The summed E-state index contributed by atoms with van der Waals surface area (Å²) in [5.41, 5.74) is 1.04. The third kappa shape index (κ3) is 3.28. The number of amides is 2. The number of aromatic nitrogens is 3. The number of hydrogen-bond donors (Lipinski definition) is 2. The summed E-state index contributed by atoms with van der Waals surface area (Å²) in [5.74, 6) is 0.925. The Balaban J connectivity index is 1.60. The Morgan fingerprint density at radius 2 is 2.30 bits per heavy atom. The molecule has 2 heterocycles. The molecule has 1 aromatic carbocycles. The average Bonchev–Trinajstić information content (AvgIpc) is 2.94. The van der Waals surface area contributed by atoms with Gasteiger partial charge in [0.15, 0.2) is 0 Å². The van der Waals surface area contributed by atoms with Crippen molar-refractivity contribution in [2.75, 3.05) is 5.32 Å². The van der Waals surface area contributed by atoms with E-state index in [1.54, 1.807) is 17.7 Å². The molecule has 9 heteroatoms. The van der Waals surface area contributed by atoms with E-state index >= 15 is 0 Å². The maximum Gasteiger partial charge on any atom is 0.319 e. The number of nitro benzene ring substituents is 1. The second-order valence-electron chi connectivity index (χ2n) is 5.45. The molecule has 2 aromatic rings. The molecular weight excluding hydrogens is 300 g/mol. The van der Waals surface area contributed by atoms with E-state index in [4.69, 9.17) is 0 Å². The van der Waals surface area contributed by atoms with Crippen LogP contribution in [0.15, 0.2) is 24.5 Å². The van der Waals surface area contributed by atoms with Crippen molar-refractivity contribution in [1.82, 2.24) is 20.1 Å². The quantitative estimate of drug-likeness (QED) is 0.659. The summed E-state index contributed by atoms with van der Waals surface area (Å²) in [6, 6.07) is 4.11. The lowest BCUT2D eigenvalue weighted by Gasteiger charge is -2.23. The first kappa shape index (κ1) is 14.9. The number of anilines is 1. The number of hydrogen-bond acceptors (Lipinski definition) is 5. The van der Waals surface area contributed by atoms with Crippen molar-refractivity contribution in [2.45, 2.75) is 32.4 Å². The standard InChI is InChI=1S/C14H16N6O3/c1-9-6-10(2-4-12(9)20(22)23)17-14(21)18-11-3-5-13-15-8-16-19(13)7-11/h2,4,6,8,11H,3,5,7H2,1H3,(H2,17,18,21). The maximum absolute atomic E-state index is 12.1. The Kier molecular flexibility index (Phi) is 3.92. The van der Waals surface area contributed by atoms with Crippen LogP contribution in [0, 0.1) is 17.0 Å². The van der Waals surface area contributed by atoms with Gasteiger partial charge in [0.2, 0.25) is 0 Å². The van der Waals surface area contributed by atoms with Crippen LogP contribution in [0.5, 0.6) is 0 Å². The molecule has 1 aliphatic heterocycles. The van der Waals surface area contributed by atoms with Crippen molar-refractivity contribution in [2.24, 2.45) is 0 Å². The van der Waals surface area contributed by atoms with Gasteiger partial charge in [0, 0.05) is 23.7 Å². The monoisotopic (exact) mass is 316 g/mol. The SMILES string of the molecule is Cc1cc(NC(=O)NC2CCc3ncnn3C2)ccc1[N+](=O)[O-]. The lowest BCUT2D eigenvalue weighted by molar-refractivity contribution is -0.385. The van der Waals surface area contributed by atoms with Gasteiger partial charge in [-0.05, 0) is 25.5 Å². The van der Waals surface area contributed by atoms with Gasteiger partial charge in [-0.3, -0.25) is 10.1 Å². The number of nitrogens with zero attached hydrogens (tertiary/aromatic N) is 4. The Hall–Kier alpha value is -2.97. The van der Waals surface area contributed by atoms with E-state index in [1.165, 1.54) is 18.5 Å². The van der Waals surface area contributed by atoms with Crippen molar-refractivity contribution < 1.29 is 9.72 Å². The van der Waals surface area contributed by atoms with Crippen molar-refractivity contribution >= 4 is 17.4 Å². The molecule has 1 aliphatic rings. The molecule has 0 bridgehead atoms. The second-order valence-corrected chi connectivity index (χ2v) is 5.45. The van der Waals surface area contributed by atoms with E-state index in [-0.39, 0.29) is 17.8 Å². The van der Waals surface area contributed by atoms with E-state index in [2.05, 4.69) is 20.7 Å². The molecule has 0 aliphatic carbocycles. The number of carbonyl (C=O) groups excluding carboxylic acids is 1. The fraction of sp³-hybridized carbons (Fsp3) is 0.357. The number of nitrogens with one attached hydrogen (secondary N) is 2. The lowest BCUT2D eigenvalue weighted by atomic mass is 10.1.